The minimum Gasteiger partial charge on any atom is -0.494 e. The summed E-state index contributed by atoms with van der Waals surface area (Å²) in [7, 11) is 1.45. The number of carbonyl (C=O) groups excluding carboxylic acids is 2. The van der Waals surface area contributed by atoms with E-state index in [1.807, 2.05) is 60.8 Å². The summed E-state index contributed by atoms with van der Waals surface area (Å²) in [5.74, 6) is 0.138. The van der Waals surface area contributed by atoms with E-state index in [-0.39, 0.29) is 29.2 Å². The van der Waals surface area contributed by atoms with Gasteiger partial charge in [-0.1, -0.05) is 42.5 Å². The van der Waals surface area contributed by atoms with Crippen LogP contribution in [0.5, 0.6) is 17.2 Å². The lowest BCUT2D eigenvalue weighted by molar-refractivity contribution is -0.139. The zero-order chi connectivity index (χ0) is 35.4. The second kappa shape index (κ2) is 14.8. The predicted molar refractivity (Wildman–Crippen MR) is 189 cm³/mol. The topological polar surface area (TPSA) is 123 Å². The number of methoxy groups -OCH3 is 1. The van der Waals surface area contributed by atoms with Gasteiger partial charge >= 0.3 is 11.9 Å². The lowest BCUT2D eigenvalue weighted by Gasteiger charge is -2.25. The van der Waals surface area contributed by atoms with Crippen molar-refractivity contribution in [1.82, 2.24) is 14.3 Å². The molecule has 0 saturated carbocycles. The van der Waals surface area contributed by atoms with Crippen molar-refractivity contribution in [1.29, 1.82) is 0 Å². The molecular formula is C38H36N4O7S. The first-order valence-electron chi connectivity index (χ1n) is 16.2. The Hall–Kier alpha value is -5.75. The molecule has 50 heavy (non-hydrogen) atoms. The molecule has 0 spiro atoms. The number of carbonyl (C=O) groups is 2. The minimum atomic E-state index is -0.894. The molecule has 11 nitrogen and oxygen atoms in total. The molecule has 0 N–H and O–H groups in total. The average Bonchev–Trinajstić information content (AvgIpc) is 3.67. The molecule has 1 aliphatic heterocycles. The normalized spacial score (nSPS) is 14.2. The third-order valence-corrected chi connectivity index (χ3v) is 8.91. The molecule has 0 amide bonds. The Morgan fingerprint density at radius 3 is 2.44 bits per heavy atom. The number of allylic oxidation sites excluding steroid dienone is 1. The molecule has 1 aliphatic rings. The number of nitrogens with zero attached hydrogens (tertiary/aromatic N) is 4. The summed E-state index contributed by atoms with van der Waals surface area (Å²) in [4.78, 5) is 44.7. The van der Waals surface area contributed by atoms with E-state index in [1.54, 1.807) is 42.8 Å². The second-order valence-electron chi connectivity index (χ2n) is 11.4. The van der Waals surface area contributed by atoms with Crippen LogP contribution in [0.1, 0.15) is 51.3 Å². The number of thiazole rings is 1. The Morgan fingerprint density at radius 1 is 1.00 bits per heavy atom. The standard InChI is InChI=1S/C38H36N4O7S/c1-6-19-48-29-16-13-25(14-17-29)34-27(22-41(40-34)28-11-9-8-10-12-28)21-32-36(44)42-35(26-15-18-30(49-24(4)43)31(20-26)46-5)33(37(45)47-7-2)23(3)39-38(42)50-32/h8-18,20-22,35H,6-7,19H2,1-5H3/b32-21-. The minimum absolute atomic E-state index is 0.140. The summed E-state index contributed by atoms with van der Waals surface area (Å²) in [6, 6.07) is 21.5. The van der Waals surface area contributed by atoms with Gasteiger partial charge in [-0.2, -0.15) is 5.10 Å². The molecule has 12 heteroatoms. The van der Waals surface area contributed by atoms with Gasteiger partial charge in [0.15, 0.2) is 16.3 Å². The largest absolute Gasteiger partial charge is 0.494 e. The summed E-state index contributed by atoms with van der Waals surface area (Å²) in [6.45, 7) is 7.55. The van der Waals surface area contributed by atoms with Crippen LogP contribution in [0.4, 0.5) is 0 Å². The van der Waals surface area contributed by atoms with Gasteiger partial charge in [0.1, 0.15) is 11.4 Å². The van der Waals surface area contributed by atoms with E-state index in [0.717, 1.165) is 23.4 Å². The van der Waals surface area contributed by atoms with Gasteiger partial charge in [0.2, 0.25) is 0 Å². The first-order valence-corrected chi connectivity index (χ1v) is 17.0. The molecule has 0 saturated heterocycles. The van der Waals surface area contributed by atoms with Crippen LogP contribution < -0.4 is 29.1 Å². The van der Waals surface area contributed by atoms with Gasteiger partial charge in [-0.3, -0.25) is 14.2 Å². The maximum Gasteiger partial charge on any atom is 0.338 e. The molecule has 3 heterocycles. The van der Waals surface area contributed by atoms with E-state index in [2.05, 4.69) is 6.92 Å². The first-order chi connectivity index (χ1) is 24.2. The Labute approximate surface area is 292 Å². The van der Waals surface area contributed by atoms with Crippen LogP contribution in [-0.2, 0) is 14.3 Å². The van der Waals surface area contributed by atoms with Gasteiger partial charge in [0, 0.05) is 24.2 Å². The highest BCUT2D eigenvalue weighted by atomic mass is 32.1. The number of para-hydroxylation sites is 1. The van der Waals surface area contributed by atoms with Gasteiger partial charge < -0.3 is 18.9 Å². The molecule has 3 aromatic carbocycles. The van der Waals surface area contributed by atoms with Crippen molar-refractivity contribution in [2.45, 2.75) is 40.2 Å². The van der Waals surface area contributed by atoms with Crippen LogP contribution in [0.15, 0.2) is 100 Å². The molecule has 1 unspecified atom stereocenters. The molecule has 6 rings (SSSR count). The van der Waals surface area contributed by atoms with E-state index in [9.17, 15) is 14.4 Å². The lowest BCUT2D eigenvalue weighted by Crippen LogP contribution is -2.40. The molecule has 0 aliphatic carbocycles. The molecule has 2 aromatic heterocycles. The average molecular weight is 693 g/mol. The van der Waals surface area contributed by atoms with Crippen LogP contribution in [-0.4, -0.2) is 46.6 Å². The lowest BCUT2D eigenvalue weighted by atomic mass is 9.95. The zero-order valence-corrected chi connectivity index (χ0v) is 29.2. The van der Waals surface area contributed by atoms with Crippen molar-refractivity contribution in [2.75, 3.05) is 20.3 Å². The summed E-state index contributed by atoms with van der Waals surface area (Å²) in [6.07, 6.45) is 4.59. The first kappa shape index (κ1) is 34.1. The third kappa shape index (κ3) is 6.88. The fraction of sp³-hybridized carbons (Fsp3) is 0.237. The Morgan fingerprint density at radius 2 is 1.76 bits per heavy atom. The number of ether oxygens (including phenoxy) is 4. The van der Waals surface area contributed by atoms with Crippen molar-refractivity contribution in [3.63, 3.8) is 0 Å². The summed E-state index contributed by atoms with van der Waals surface area (Å²) in [5, 5.41) is 4.93. The van der Waals surface area contributed by atoms with Crippen LogP contribution in [0.25, 0.3) is 23.0 Å². The van der Waals surface area contributed by atoms with Gasteiger partial charge in [-0.25, -0.2) is 14.5 Å². The molecule has 256 valence electrons. The highest BCUT2D eigenvalue weighted by Crippen LogP contribution is 2.36. The number of benzene rings is 3. The molecule has 0 bridgehead atoms. The predicted octanol–water partition coefficient (Wildman–Crippen LogP) is 5.37. The summed E-state index contributed by atoms with van der Waals surface area (Å²) in [5.41, 5.74) is 3.94. The van der Waals surface area contributed by atoms with Gasteiger partial charge in [0.25, 0.3) is 5.56 Å². The van der Waals surface area contributed by atoms with Crippen LogP contribution in [0.3, 0.4) is 0 Å². The van der Waals surface area contributed by atoms with Crippen molar-refractivity contribution in [3.05, 3.63) is 121 Å². The van der Waals surface area contributed by atoms with Crippen molar-refractivity contribution in [2.24, 2.45) is 4.99 Å². The number of hydrogen-bond donors (Lipinski definition) is 0. The van der Waals surface area contributed by atoms with Gasteiger partial charge in [-0.05, 0) is 80.4 Å². The molecule has 0 fully saturated rings. The number of rotatable bonds is 11. The third-order valence-electron chi connectivity index (χ3n) is 7.92. The highest BCUT2D eigenvalue weighted by molar-refractivity contribution is 7.07. The summed E-state index contributed by atoms with van der Waals surface area (Å²) < 4.78 is 25.7. The molecular weight excluding hydrogens is 657 g/mol. The van der Waals surface area contributed by atoms with Gasteiger partial charge in [0.05, 0.1) is 47.9 Å². The maximum absolute atomic E-state index is 14.4. The van der Waals surface area contributed by atoms with E-state index in [1.165, 1.54) is 29.9 Å². The van der Waals surface area contributed by atoms with E-state index in [4.69, 9.17) is 29.0 Å². The highest BCUT2D eigenvalue weighted by Gasteiger charge is 2.34. The quantitative estimate of drug-likeness (QED) is 0.134. The fourth-order valence-electron chi connectivity index (χ4n) is 5.70. The molecule has 5 aromatic rings. The van der Waals surface area contributed by atoms with Crippen molar-refractivity contribution < 1.29 is 28.5 Å². The number of aromatic nitrogens is 3. The monoisotopic (exact) mass is 692 g/mol. The Kier molecular flexibility index (Phi) is 10.1. The van der Waals surface area contributed by atoms with E-state index < -0.39 is 18.0 Å². The van der Waals surface area contributed by atoms with E-state index in [0.29, 0.717) is 38.5 Å². The smallest absolute Gasteiger partial charge is 0.338 e. The maximum atomic E-state index is 14.4. The Balaban J connectivity index is 1.52. The fourth-order valence-corrected chi connectivity index (χ4v) is 6.74. The SMILES string of the molecule is CCCOc1ccc(-c2nn(-c3ccccc3)cc2/C=c2\sc3n(c2=O)C(c2ccc(OC(C)=O)c(OC)c2)C(C(=O)OCC)=C(C)N=3)cc1. The van der Waals surface area contributed by atoms with Gasteiger partial charge in [-0.15, -0.1) is 0 Å². The van der Waals surface area contributed by atoms with Crippen LogP contribution >= 0.6 is 11.3 Å². The van der Waals surface area contributed by atoms with E-state index >= 15 is 0 Å². The second-order valence-corrected chi connectivity index (χ2v) is 12.4. The number of esters is 2. The molecule has 1 atom stereocenters. The Bertz CT molecular complexity index is 2270. The number of fused-ring (bicyclic) bond motifs is 1. The molecule has 0 radical (unpaired) electrons. The number of hydrogen-bond acceptors (Lipinski definition) is 10. The van der Waals surface area contributed by atoms with Crippen LogP contribution in [0.2, 0.25) is 0 Å². The summed E-state index contributed by atoms with van der Waals surface area (Å²) >= 11 is 1.21. The van der Waals surface area contributed by atoms with Crippen molar-refractivity contribution in [3.8, 4) is 34.2 Å². The zero-order valence-electron chi connectivity index (χ0n) is 28.3. The van der Waals surface area contributed by atoms with Crippen LogP contribution in [0, 0.1) is 0 Å². The van der Waals surface area contributed by atoms with Crippen molar-refractivity contribution >= 4 is 29.4 Å².